The van der Waals surface area contributed by atoms with Crippen molar-refractivity contribution < 1.29 is 40.6 Å². The average molecular weight is 513 g/mol. The molecule has 1 spiro atoms. The molecular weight excluding hydrogens is 489 g/mol. The van der Waals surface area contributed by atoms with Crippen molar-refractivity contribution in [1.82, 2.24) is 4.98 Å². The maximum absolute atomic E-state index is 14.6. The lowest BCUT2D eigenvalue weighted by molar-refractivity contribution is -0.130. The van der Waals surface area contributed by atoms with Crippen molar-refractivity contribution in [2.45, 2.75) is 56.4 Å². The van der Waals surface area contributed by atoms with Gasteiger partial charge >= 0.3 is 6.18 Å². The largest absolute Gasteiger partial charge is 0.484 e. The summed E-state index contributed by atoms with van der Waals surface area (Å²) in [6.45, 7) is 1.39. The van der Waals surface area contributed by atoms with Crippen molar-refractivity contribution in [1.29, 1.82) is 0 Å². The number of amides is 1. The lowest BCUT2D eigenvalue weighted by atomic mass is 9.91. The lowest BCUT2D eigenvalue weighted by Gasteiger charge is -2.46. The number of oxazole rings is 1. The molecule has 12 heteroatoms. The predicted molar refractivity (Wildman–Crippen MR) is 116 cm³/mol. The third-order valence-corrected chi connectivity index (χ3v) is 7.42. The summed E-state index contributed by atoms with van der Waals surface area (Å²) in [6.07, 6.45) is -2.08. The third-order valence-electron chi connectivity index (χ3n) is 7.42. The number of anilines is 2. The van der Waals surface area contributed by atoms with Crippen molar-refractivity contribution in [3.63, 3.8) is 0 Å². The van der Waals surface area contributed by atoms with Crippen LogP contribution < -0.4 is 15.0 Å². The van der Waals surface area contributed by atoms with E-state index in [4.69, 9.17) is 13.9 Å². The van der Waals surface area contributed by atoms with Crippen LogP contribution in [0.15, 0.2) is 16.5 Å². The van der Waals surface area contributed by atoms with E-state index in [1.54, 1.807) is 4.90 Å². The van der Waals surface area contributed by atoms with Gasteiger partial charge in [-0.05, 0) is 43.9 Å². The average Bonchev–Trinajstić information content (AvgIpc) is 3.15. The zero-order valence-electron chi connectivity index (χ0n) is 19.2. The summed E-state index contributed by atoms with van der Waals surface area (Å²) < 4.78 is 85.2. The summed E-state index contributed by atoms with van der Waals surface area (Å²) in [5.41, 5.74) is -1.23. The van der Waals surface area contributed by atoms with E-state index < -0.39 is 47.3 Å². The van der Waals surface area contributed by atoms with Gasteiger partial charge in [-0.2, -0.15) is 18.2 Å². The number of ether oxygens (including phenoxy) is 2. The molecule has 7 nitrogen and oxygen atoms in total. The lowest BCUT2D eigenvalue weighted by Crippen LogP contribution is -2.61. The maximum Gasteiger partial charge on any atom is 0.396 e. The molecular formula is C24H24F5N3O4. The van der Waals surface area contributed by atoms with Crippen LogP contribution in [0.3, 0.4) is 0 Å². The van der Waals surface area contributed by atoms with E-state index in [-0.39, 0.29) is 23.4 Å². The Balaban J connectivity index is 1.18. The van der Waals surface area contributed by atoms with Gasteiger partial charge in [-0.3, -0.25) is 4.79 Å². The molecule has 3 atom stereocenters. The molecule has 1 aromatic carbocycles. The number of nitrogens with zero attached hydrogens (tertiary/aromatic N) is 2. The number of rotatable bonds is 6. The normalized spacial score (nSPS) is 26.1. The predicted octanol–water partition coefficient (Wildman–Crippen LogP) is 4.86. The Morgan fingerprint density at radius 2 is 1.86 bits per heavy atom. The molecule has 0 bridgehead atoms. The van der Waals surface area contributed by atoms with E-state index in [0.717, 1.165) is 44.2 Å². The van der Waals surface area contributed by atoms with Gasteiger partial charge in [0.05, 0.1) is 19.2 Å². The van der Waals surface area contributed by atoms with Crippen LogP contribution in [0.4, 0.5) is 33.7 Å². The minimum absolute atomic E-state index is 0.128. The first-order valence-corrected chi connectivity index (χ1v) is 12.0. The molecule has 4 fully saturated rings. The van der Waals surface area contributed by atoms with E-state index in [1.165, 1.54) is 0 Å². The fourth-order valence-corrected chi connectivity index (χ4v) is 5.60. The van der Waals surface area contributed by atoms with Crippen LogP contribution in [0.5, 0.6) is 5.75 Å². The number of aromatic nitrogens is 1. The van der Waals surface area contributed by atoms with Crippen LogP contribution in [0.2, 0.25) is 0 Å². The summed E-state index contributed by atoms with van der Waals surface area (Å²) in [5, 5.41) is 2.23. The van der Waals surface area contributed by atoms with Crippen LogP contribution >= 0.6 is 0 Å². The van der Waals surface area contributed by atoms with E-state index in [9.17, 15) is 26.7 Å². The summed E-state index contributed by atoms with van der Waals surface area (Å²) in [5.74, 6) is -3.17. The zero-order chi connectivity index (χ0) is 25.2. The first kappa shape index (κ1) is 23.5. The molecule has 6 rings (SSSR count). The Labute approximate surface area is 202 Å². The molecule has 36 heavy (non-hydrogen) atoms. The third kappa shape index (κ3) is 4.51. The summed E-state index contributed by atoms with van der Waals surface area (Å²) in [7, 11) is 0. The first-order chi connectivity index (χ1) is 17.1. The fraction of sp³-hybridized carbons (Fsp3) is 0.583. The minimum Gasteiger partial charge on any atom is -0.484 e. The number of carbonyl (C=O) groups is 1. The number of fused-ring (bicyclic) bond motifs is 1. The highest BCUT2D eigenvalue weighted by Crippen LogP contribution is 2.52. The Bertz CT molecular complexity index is 1150. The second kappa shape index (κ2) is 8.32. The van der Waals surface area contributed by atoms with Crippen molar-refractivity contribution in [3.05, 3.63) is 35.2 Å². The summed E-state index contributed by atoms with van der Waals surface area (Å²) in [4.78, 5) is 18.4. The molecule has 3 heterocycles. The van der Waals surface area contributed by atoms with Gasteiger partial charge in [0.1, 0.15) is 17.8 Å². The van der Waals surface area contributed by atoms with Crippen molar-refractivity contribution in [2.75, 3.05) is 29.9 Å². The maximum atomic E-state index is 14.6. The second-order valence-corrected chi connectivity index (χ2v) is 10.2. The van der Waals surface area contributed by atoms with Crippen molar-refractivity contribution in [2.24, 2.45) is 11.8 Å². The van der Waals surface area contributed by atoms with E-state index >= 15 is 0 Å². The highest BCUT2D eigenvalue weighted by molar-refractivity contribution is 6.03. The van der Waals surface area contributed by atoms with E-state index in [1.807, 2.05) is 0 Å². The minimum atomic E-state index is -4.66. The standard InChI is InChI=1S/C24H24F5N3O4/c25-16-7-14(8-17(26)20(16)35-15-5-12-4-13(12)6-15)30-21(33)19-18(9-24(27,28)29)36-22(31-19)32-10-23(11-32)2-1-3-34-23/h7-8,12-13,15H,1-6,9-11H2,(H,30,33)/t12-,13?,15?/m0/s1. The number of alkyl halides is 3. The van der Waals surface area contributed by atoms with Gasteiger partial charge in [-0.15, -0.1) is 0 Å². The number of hydrogen-bond donors (Lipinski definition) is 1. The van der Waals surface area contributed by atoms with Crippen LogP contribution in [-0.4, -0.2) is 48.5 Å². The number of carbonyl (C=O) groups excluding carboxylic acids is 1. The van der Waals surface area contributed by atoms with Gasteiger partial charge in [-0.25, -0.2) is 8.78 Å². The van der Waals surface area contributed by atoms with Gasteiger partial charge in [0.2, 0.25) is 0 Å². The molecule has 0 radical (unpaired) electrons. The molecule has 2 aliphatic carbocycles. The second-order valence-electron chi connectivity index (χ2n) is 10.2. The molecule has 4 aliphatic rings. The van der Waals surface area contributed by atoms with Gasteiger partial charge in [0.15, 0.2) is 23.1 Å². The van der Waals surface area contributed by atoms with Crippen LogP contribution in [-0.2, 0) is 11.2 Å². The zero-order valence-corrected chi connectivity index (χ0v) is 19.2. The van der Waals surface area contributed by atoms with Gasteiger partial charge in [0.25, 0.3) is 11.9 Å². The topological polar surface area (TPSA) is 76.8 Å². The highest BCUT2D eigenvalue weighted by atomic mass is 19.4. The highest BCUT2D eigenvalue weighted by Gasteiger charge is 2.49. The smallest absolute Gasteiger partial charge is 0.396 e. The fourth-order valence-electron chi connectivity index (χ4n) is 5.60. The molecule has 1 N–H and O–H groups in total. The SMILES string of the molecule is O=C(Nc1cc(F)c(OC2CC3C[C@H]3C2)c(F)c1)c1nc(N2CC3(CCCO3)C2)oc1CC(F)(F)F. The molecule has 2 aromatic rings. The van der Waals surface area contributed by atoms with Gasteiger partial charge in [0, 0.05) is 24.4 Å². The quantitative estimate of drug-likeness (QED) is 0.557. The van der Waals surface area contributed by atoms with E-state index in [0.29, 0.717) is 31.5 Å². The monoisotopic (exact) mass is 513 g/mol. The number of hydrogen-bond acceptors (Lipinski definition) is 6. The van der Waals surface area contributed by atoms with Gasteiger partial charge < -0.3 is 24.1 Å². The van der Waals surface area contributed by atoms with Crippen LogP contribution in [0.25, 0.3) is 0 Å². The molecule has 194 valence electrons. The molecule has 2 saturated heterocycles. The number of nitrogens with one attached hydrogen (secondary N) is 1. The number of benzene rings is 1. The Hall–Kier alpha value is -2.89. The molecule has 2 aliphatic heterocycles. The summed E-state index contributed by atoms with van der Waals surface area (Å²) in [6, 6.07) is 1.61. The number of halogens is 5. The molecule has 1 aromatic heterocycles. The summed E-state index contributed by atoms with van der Waals surface area (Å²) >= 11 is 0. The van der Waals surface area contributed by atoms with Crippen LogP contribution in [0, 0.1) is 23.5 Å². The first-order valence-electron chi connectivity index (χ1n) is 12.0. The molecule has 2 saturated carbocycles. The Morgan fingerprint density at radius 3 is 2.47 bits per heavy atom. The Morgan fingerprint density at radius 1 is 1.17 bits per heavy atom. The van der Waals surface area contributed by atoms with E-state index in [2.05, 4.69) is 10.3 Å². The van der Waals surface area contributed by atoms with Crippen molar-refractivity contribution in [3.8, 4) is 5.75 Å². The van der Waals surface area contributed by atoms with Gasteiger partial charge in [-0.1, -0.05) is 0 Å². The molecule has 1 amide bonds. The van der Waals surface area contributed by atoms with Crippen LogP contribution in [0.1, 0.15) is 48.4 Å². The molecule has 2 unspecified atom stereocenters. The Kier molecular flexibility index (Phi) is 5.43. The van der Waals surface area contributed by atoms with Crippen molar-refractivity contribution >= 4 is 17.6 Å².